The van der Waals surface area contributed by atoms with Crippen LogP contribution in [-0.2, 0) is 0 Å². The highest BCUT2D eigenvalue weighted by Crippen LogP contribution is 2.27. The van der Waals surface area contributed by atoms with Gasteiger partial charge in [0.05, 0.1) is 19.7 Å². The third kappa shape index (κ3) is 7.03. The molecule has 1 aromatic carbocycles. The first-order valence-electron chi connectivity index (χ1n) is 10.3. The van der Waals surface area contributed by atoms with Gasteiger partial charge in [-0.05, 0) is 64.1 Å². The number of likely N-dealkylation sites (N-methyl/N-ethyl adjacent to an activating group) is 1. The van der Waals surface area contributed by atoms with E-state index in [-0.39, 0.29) is 6.04 Å². The van der Waals surface area contributed by atoms with Crippen molar-refractivity contribution in [2.24, 2.45) is 4.99 Å². The van der Waals surface area contributed by atoms with Crippen molar-refractivity contribution in [2.45, 2.75) is 32.7 Å². The zero-order chi connectivity index (χ0) is 19.5. The molecule has 0 radical (unpaired) electrons. The Balaban J connectivity index is 2.08. The van der Waals surface area contributed by atoms with Crippen LogP contribution in [0.15, 0.2) is 29.3 Å². The Morgan fingerprint density at radius 3 is 2.70 bits per heavy atom. The summed E-state index contributed by atoms with van der Waals surface area (Å²) in [5.74, 6) is 1.81. The van der Waals surface area contributed by atoms with Crippen molar-refractivity contribution in [3.8, 4) is 5.75 Å². The van der Waals surface area contributed by atoms with Crippen molar-refractivity contribution in [3.05, 3.63) is 29.8 Å². The Labute approximate surface area is 165 Å². The highest BCUT2D eigenvalue weighted by molar-refractivity contribution is 5.79. The Kier molecular flexibility index (Phi) is 9.42. The average Bonchev–Trinajstić information content (AvgIpc) is 3.22. The van der Waals surface area contributed by atoms with Gasteiger partial charge in [-0.1, -0.05) is 19.1 Å². The quantitative estimate of drug-likeness (QED) is 0.486. The predicted molar refractivity (Wildman–Crippen MR) is 114 cm³/mol. The first kappa shape index (κ1) is 21.5. The summed E-state index contributed by atoms with van der Waals surface area (Å²) in [5, 5.41) is 6.83. The molecule has 152 valence electrons. The molecule has 1 saturated heterocycles. The van der Waals surface area contributed by atoms with Gasteiger partial charge in [0.1, 0.15) is 5.75 Å². The zero-order valence-corrected chi connectivity index (χ0v) is 17.5. The average molecular weight is 376 g/mol. The van der Waals surface area contributed by atoms with Crippen LogP contribution in [0.1, 0.15) is 38.3 Å². The van der Waals surface area contributed by atoms with Crippen LogP contribution >= 0.6 is 0 Å². The van der Waals surface area contributed by atoms with Gasteiger partial charge in [-0.25, -0.2) is 0 Å². The van der Waals surface area contributed by atoms with E-state index in [4.69, 9.17) is 9.73 Å². The van der Waals surface area contributed by atoms with Crippen molar-refractivity contribution >= 4 is 5.96 Å². The molecule has 6 heteroatoms. The number of benzene rings is 1. The standard InChI is InChI=1S/C21H37N5O/c1-5-22-21(23-12-15-25(3)6-2)24-17-20(26-13-7-8-14-26)18-10-9-11-19(16-18)27-4/h9-11,16,20H,5-8,12-15,17H2,1-4H3,(H2,22,23,24). The van der Waals surface area contributed by atoms with E-state index in [1.807, 2.05) is 6.07 Å². The zero-order valence-electron chi connectivity index (χ0n) is 17.5. The van der Waals surface area contributed by atoms with Crippen LogP contribution in [0.4, 0.5) is 0 Å². The van der Waals surface area contributed by atoms with Crippen LogP contribution in [0.2, 0.25) is 0 Å². The summed E-state index contributed by atoms with van der Waals surface area (Å²) in [6.07, 6.45) is 2.54. The summed E-state index contributed by atoms with van der Waals surface area (Å²) in [4.78, 5) is 9.75. The van der Waals surface area contributed by atoms with Gasteiger partial charge in [-0.3, -0.25) is 9.89 Å². The van der Waals surface area contributed by atoms with E-state index in [0.29, 0.717) is 0 Å². The maximum absolute atomic E-state index is 5.43. The number of likely N-dealkylation sites (tertiary alicyclic amines) is 1. The van der Waals surface area contributed by atoms with E-state index in [1.165, 1.54) is 18.4 Å². The van der Waals surface area contributed by atoms with E-state index in [2.05, 4.69) is 59.5 Å². The molecule has 1 unspecified atom stereocenters. The lowest BCUT2D eigenvalue weighted by molar-refractivity contribution is 0.251. The molecule has 2 rings (SSSR count). The summed E-state index contributed by atoms with van der Waals surface area (Å²) in [6.45, 7) is 11.1. The molecule has 1 fully saturated rings. The van der Waals surface area contributed by atoms with Crippen molar-refractivity contribution in [3.63, 3.8) is 0 Å². The van der Waals surface area contributed by atoms with Gasteiger partial charge in [0, 0.05) is 19.6 Å². The SMILES string of the molecule is CCNC(=NCC(c1cccc(OC)c1)N1CCCC1)NCCN(C)CC. The molecule has 2 N–H and O–H groups in total. The van der Waals surface area contributed by atoms with E-state index in [1.54, 1.807) is 7.11 Å². The molecule has 1 atom stereocenters. The Morgan fingerprint density at radius 2 is 2.04 bits per heavy atom. The van der Waals surface area contributed by atoms with E-state index in [9.17, 15) is 0 Å². The molecule has 1 aliphatic heterocycles. The molecule has 1 heterocycles. The van der Waals surface area contributed by atoms with Gasteiger partial charge in [-0.2, -0.15) is 0 Å². The number of rotatable bonds is 10. The molecule has 27 heavy (non-hydrogen) atoms. The number of methoxy groups -OCH3 is 1. The van der Waals surface area contributed by atoms with Crippen molar-refractivity contribution < 1.29 is 4.74 Å². The third-order valence-corrected chi connectivity index (χ3v) is 5.15. The minimum absolute atomic E-state index is 0.288. The van der Waals surface area contributed by atoms with Crippen molar-refractivity contribution in [1.29, 1.82) is 0 Å². The molecule has 0 amide bonds. The van der Waals surface area contributed by atoms with Crippen LogP contribution in [0.25, 0.3) is 0 Å². The second kappa shape index (κ2) is 11.8. The molecule has 1 aliphatic rings. The first-order chi connectivity index (χ1) is 13.2. The number of nitrogens with zero attached hydrogens (tertiary/aromatic N) is 3. The van der Waals surface area contributed by atoms with E-state index >= 15 is 0 Å². The van der Waals surface area contributed by atoms with Crippen molar-refractivity contribution in [1.82, 2.24) is 20.4 Å². The number of hydrogen-bond donors (Lipinski definition) is 2. The van der Waals surface area contributed by atoms with E-state index < -0.39 is 0 Å². The van der Waals surface area contributed by atoms with Gasteiger partial charge < -0.3 is 20.3 Å². The Bertz CT molecular complexity index is 571. The molecule has 0 aliphatic carbocycles. The van der Waals surface area contributed by atoms with E-state index in [0.717, 1.165) is 57.5 Å². The van der Waals surface area contributed by atoms with Gasteiger partial charge >= 0.3 is 0 Å². The predicted octanol–water partition coefficient (Wildman–Crippen LogP) is 2.34. The smallest absolute Gasteiger partial charge is 0.191 e. The van der Waals surface area contributed by atoms with Gasteiger partial charge in [0.15, 0.2) is 5.96 Å². The van der Waals surface area contributed by atoms with Gasteiger partial charge in [0.2, 0.25) is 0 Å². The maximum Gasteiger partial charge on any atom is 0.191 e. The van der Waals surface area contributed by atoms with Crippen LogP contribution in [-0.4, -0.2) is 75.7 Å². The Morgan fingerprint density at radius 1 is 1.26 bits per heavy atom. The number of nitrogens with one attached hydrogen (secondary N) is 2. The number of ether oxygens (including phenoxy) is 1. The third-order valence-electron chi connectivity index (χ3n) is 5.15. The lowest BCUT2D eigenvalue weighted by Crippen LogP contribution is -2.41. The summed E-state index contributed by atoms with van der Waals surface area (Å²) in [5.41, 5.74) is 1.28. The van der Waals surface area contributed by atoms with Gasteiger partial charge in [-0.15, -0.1) is 0 Å². The largest absolute Gasteiger partial charge is 0.497 e. The monoisotopic (exact) mass is 375 g/mol. The molecule has 0 spiro atoms. The molecule has 1 aromatic rings. The number of aliphatic imine (C=N–C) groups is 1. The molecular formula is C21H37N5O. The normalized spacial score (nSPS) is 16.6. The molecular weight excluding hydrogens is 338 g/mol. The maximum atomic E-state index is 5.43. The highest BCUT2D eigenvalue weighted by Gasteiger charge is 2.23. The Hall–Kier alpha value is -1.79. The lowest BCUT2D eigenvalue weighted by atomic mass is 10.1. The molecule has 0 bridgehead atoms. The van der Waals surface area contributed by atoms with Crippen LogP contribution < -0.4 is 15.4 Å². The second-order valence-electron chi connectivity index (χ2n) is 7.08. The second-order valence-corrected chi connectivity index (χ2v) is 7.08. The fourth-order valence-electron chi connectivity index (χ4n) is 3.38. The highest BCUT2D eigenvalue weighted by atomic mass is 16.5. The molecule has 6 nitrogen and oxygen atoms in total. The summed E-state index contributed by atoms with van der Waals surface area (Å²) >= 11 is 0. The summed E-state index contributed by atoms with van der Waals surface area (Å²) in [6, 6.07) is 8.71. The number of guanidine groups is 1. The first-order valence-corrected chi connectivity index (χ1v) is 10.3. The number of hydrogen-bond acceptors (Lipinski definition) is 4. The molecule has 0 saturated carbocycles. The summed E-state index contributed by atoms with van der Waals surface area (Å²) in [7, 11) is 3.86. The minimum atomic E-state index is 0.288. The minimum Gasteiger partial charge on any atom is -0.497 e. The lowest BCUT2D eigenvalue weighted by Gasteiger charge is -2.27. The van der Waals surface area contributed by atoms with Crippen LogP contribution in [0.3, 0.4) is 0 Å². The van der Waals surface area contributed by atoms with Crippen molar-refractivity contribution in [2.75, 3.05) is 60.0 Å². The topological polar surface area (TPSA) is 52.1 Å². The fraction of sp³-hybridized carbons (Fsp3) is 0.667. The molecule has 0 aromatic heterocycles. The fourth-order valence-corrected chi connectivity index (χ4v) is 3.38. The van der Waals surface area contributed by atoms with Gasteiger partial charge in [0.25, 0.3) is 0 Å². The van der Waals surface area contributed by atoms with Crippen LogP contribution in [0, 0.1) is 0 Å². The summed E-state index contributed by atoms with van der Waals surface area (Å²) < 4.78 is 5.43. The van der Waals surface area contributed by atoms with Crippen LogP contribution in [0.5, 0.6) is 5.75 Å².